The summed E-state index contributed by atoms with van der Waals surface area (Å²) in [5, 5.41) is -0.214. The van der Waals surface area contributed by atoms with Crippen molar-refractivity contribution in [2.75, 3.05) is 7.11 Å². The number of esters is 1. The van der Waals surface area contributed by atoms with Crippen LogP contribution in [0.3, 0.4) is 0 Å². The lowest BCUT2D eigenvalue weighted by Crippen LogP contribution is -2.20. The number of methoxy groups -OCH3 is 1. The van der Waals surface area contributed by atoms with Crippen molar-refractivity contribution in [2.24, 2.45) is 0 Å². The van der Waals surface area contributed by atoms with Crippen LogP contribution in [0.15, 0.2) is 24.3 Å². The minimum absolute atomic E-state index is 0.0187. The van der Waals surface area contributed by atoms with E-state index in [9.17, 15) is 13.2 Å². The summed E-state index contributed by atoms with van der Waals surface area (Å²) in [4.78, 5) is 11.4. The fourth-order valence-electron chi connectivity index (χ4n) is 2.68. The molecule has 4 nitrogen and oxygen atoms in total. The summed E-state index contributed by atoms with van der Waals surface area (Å²) in [6, 6.07) is 7.19. The van der Waals surface area contributed by atoms with Gasteiger partial charge in [0.1, 0.15) is 0 Å². The van der Waals surface area contributed by atoms with Gasteiger partial charge in [0, 0.05) is 0 Å². The molecule has 0 saturated heterocycles. The van der Waals surface area contributed by atoms with Gasteiger partial charge in [-0.3, -0.25) is 4.79 Å². The van der Waals surface area contributed by atoms with Gasteiger partial charge in [-0.1, -0.05) is 37.1 Å². The summed E-state index contributed by atoms with van der Waals surface area (Å²) in [6.07, 6.45) is 3.64. The second kappa shape index (κ2) is 6.39. The van der Waals surface area contributed by atoms with Gasteiger partial charge in [-0.2, -0.15) is 0 Å². The monoisotopic (exact) mass is 296 g/mol. The first-order valence-corrected chi connectivity index (χ1v) is 8.59. The molecule has 1 aliphatic rings. The molecule has 1 fully saturated rings. The zero-order valence-electron chi connectivity index (χ0n) is 11.7. The molecule has 20 heavy (non-hydrogen) atoms. The molecule has 110 valence electrons. The van der Waals surface area contributed by atoms with Crippen molar-refractivity contribution in [2.45, 2.75) is 43.1 Å². The van der Waals surface area contributed by atoms with Crippen molar-refractivity contribution in [3.8, 4) is 0 Å². The van der Waals surface area contributed by atoms with Gasteiger partial charge in [0.05, 0.1) is 24.5 Å². The minimum Gasteiger partial charge on any atom is -0.469 e. The Bertz CT molecular complexity index is 571. The molecule has 0 heterocycles. The van der Waals surface area contributed by atoms with E-state index < -0.39 is 9.84 Å². The zero-order valence-corrected chi connectivity index (χ0v) is 12.5. The first-order valence-electron chi connectivity index (χ1n) is 6.88. The van der Waals surface area contributed by atoms with Crippen LogP contribution in [0.5, 0.6) is 0 Å². The van der Waals surface area contributed by atoms with Gasteiger partial charge in [-0.15, -0.1) is 0 Å². The third-order valence-electron chi connectivity index (χ3n) is 3.85. The van der Waals surface area contributed by atoms with E-state index in [-0.39, 0.29) is 23.4 Å². The van der Waals surface area contributed by atoms with Crippen LogP contribution in [0, 0.1) is 0 Å². The van der Waals surface area contributed by atoms with Crippen molar-refractivity contribution in [3.63, 3.8) is 0 Å². The quantitative estimate of drug-likeness (QED) is 0.782. The van der Waals surface area contributed by atoms with E-state index in [0.717, 1.165) is 31.2 Å². The molecule has 0 atom stereocenters. The van der Waals surface area contributed by atoms with E-state index in [1.54, 1.807) is 18.2 Å². The average Bonchev–Trinajstić information content (AvgIpc) is 2.95. The molecule has 2 rings (SSSR count). The molecule has 1 aromatic carbocycles. The Morgan fingerprint density at radius 1 is 1.20 bits per heavy atom. The highest BCUT2D eigenvalue weighted by molar-refractivity contribution is 7.91. The van der Waals surface area contributed by atoms with Crippen molar-refractivity contribution in [1.29, 1.82) is 0 Å². The maximum atomic E-state index is 12.4. The van der Waals surface area contributed by atoms with Gasteiger partial charge in [-0.25, -0.2) is 8.42 Å². The Hall–Kier alpha value is -1.36. The molecule has 0 unspecified atom stereocenters. The van der Waals surface area contributed by atoms with Crippen molar-refractivity contribution >= 4 is 15.8 Å². The van der Waals surface area contributed by atoms with E-state index in [2.05, 4.69) is 4.74 Å². The summed E-state index contributed by atoms with van der Waals surface area (Å²) >= 11 is 0. The minimum atomic E-state index is -3.13. The Morgan fingerprint density at radius 2 is 1.80 bits per heavy atom. The highest BCUT2D eigenvalue weighted by Crippen LogP contribution is 2.27. The number of sulfone groups is 1. The average molecular weight is 296 g/mol. The zero-order chi connectivity index (χ0) is 14.6. The van der Waals surface area contributed by atoms with Crippen molar-refractivity contribution in [3.05, 3.63) is 35.4 Å². The van der Waals surface area contributed by atoms with Crippen LogP contribution < -0.4 is 0 Å². The molecule has 1 aliphatic carbocycles. The highest BCUT2D eigenvalue weighted by atomic mass is 32.2. The number of benzene rings is 1. The molecule has 1 saturated carbocycles. The molecule has 5 heteroatoms. The summed E-state index contributed by atoms with van der Waals surface area (Å²) < 4.78 is 29.4. The maximum absolute atomic E-state index is 12.4. The molecule has 0 spiro atoms. The first kappa shape index (κ1) is 15.0. The SMILES string of the molecule is COC(=O)Cc1ccccc1CS(=O)(=O)C1CCCC1. The van der Waals surface area contributed by atoms with Gasteiger partial charge in [-0.05, 0) is 24.0 Å². The molecule has 0 radical (unpaired) electrons. The van der Waals surface area contributed by atoms with Crippen LogP contribution in [0.2, 0.25) is 0 Å². The Balaban J connectivity index is 2.18. The van der Waals surface area contributed by atoms with Crippen molar-refractivity contribution < 1.29 is 17.9 Å². The number of carbonyl (C=O) groups excluding carboxylic acids is 1. The van der Waals surface area contributed by atoms with Gasteiger partial charge in [0.25, 0.3) is 0 Å². The normalized spacial score (nSPS) is 16.2. The molecular weight excluding hydrogens is 276 g/mol. The van der Waals surface area contributed by atoms with Gasteiger partial charge in [0.2, 0.25) is 0 Å². The van der Waals surface area contributed by atoms with Crippen LogP contribution in [0.25, 0.3) is 0 Å². The third kappa shape index (κ3) is 3.60. The molecule has 0 bridgehead atoms. The highest BCUT2D eigenvalue weighted by Gasteiger charge is 2.29. The number of hydrogen-bond donors (Lipinski definition) is 0. The van der Waals surface area contributed by atoms with Crippen LogP contribution in [-0.2, 0) is 31.5 Å². The lowest BCUT2D eigenvalue weighted by molar-refractivity contribution is -0.139. The van der Waals surface area contributed by atoms with Crippen LogP contribution in [0.1, 0.15) is 36.8 Å². The summed E-state index contributed by atoms with van der Waals surface area (Å²) in [7, 11) is -1.80. The van der Waals surface area contributed by atoms with Crippen LogP contribution >= 0.6 is 0 Å². The molecule has 0 amide bonds. The second-order valence-corrected chi connectivity index (χ2v) is 7.52. The number of hydrogen-bond acceptors (Lipinski definition) is 4. The molecular formula is C15H20O4S. The van der Waals surface area contributed by atoms with Crippen molar-refractivity contribution in [1.82, 2.24) is 0 Å². The standard InChI is InChI=1S/C15H20O4S/c1-19-15(16)10-12-6-2-3-7-13(12)11-20(17,18)14-8-4-5-9-14/h2-3,6-7,14H,4-5,8-11H2,1H3. The molecule has 0 N–H and O–H groups in total. The fourth-order valence-corrected chi connectivity index (χ4v) is 4.68. The van der Waals surface area contributed by atoms with Crippen LogP contribution in [0.4, 0.5) is 0 Å². The molecule has 0 aliphatic heterocycles. The lowest BCUT2D eigenvalue weighted by atomic mass is 10.1. The van der Waals surface area contributed by atoms with E-state index in [4.69, 9.17) is 0 Å². The van der Waals surface area contributed by atoms with E-state index in [0.29, 0.717) is 5.56 Å². The lowest BCUT2D eigenvalue weighted by Gasteiger charge is -2.13. The van der Waals surface area contributed by atoms with E-state index >= 15 is 0 Å². The smallest absolute Gasteiger partial charge is 0.309 e. The number of rotatable bonds is 5. The van der Waals surface area contributed by atoms with E-state index in [1.807, 2.05) is 6.07 Å². The predicted molar refractivity (Wildman–Crippen MR) is 77.0 cm³/mol. The maximum Gasteiger partial charge on any atom is 0.309 e. The largest absolute Gasteiger partial charge is 0.469 e. The Morgan fingerprint density at radius 3 is 2.40 bits per heavy atom. The Labute approximate surface area is 120 Å². The molecule has 1 aromatic rings. The third-order valence-corrected chi connectivity index (χ3v) is 6.05. The van der Waals surface area contributed by atoms with Gasteiger partial charge < -0.3 is 4.74 Å². The first-order chi connectivity index (χ1) is 9.53. The van der Waals surface area contributed by atoms with Crippen LogP contribution in [-0.4, -0.2) is 26.7 Å². The predicted octanol–water partition coefficient (Wildman–Crippen LogP) is 2.26. The number of carbonyl (C=O) groups is 1. The summed E-state index contributed by atoms with van der Waals surface area (Å²) in [5.74, 6) is -0.333. The molecule has 0 aromatic heterocycles. The fraction of sp³-hybridized carbons (Fsp3) is 0.533. The van der Waals surface area contributed by atoms with E-state index in [1.165, 1.54) is 7.11 Å². The summed E-state index contributed by atoms with van der Waals surface area (Å²) in [5.41, 5.74) is 1.45. The second-order valence-electron chi connectivity index (χ2n) is 5.24. The Kier molecular flexibility index (Phi) is 4.81. The topological polar surface area (TPSA) is 60.4 Å². The number of ether oxygens (including phenoxy) is 1. The van der Waals surface area contributed by atoms with Gasteiger partial charge >= 0.3 is 5.97 Å². The van der Waals surface area contributed by atoms with Gasteiger partial charge in [0.15, 0.2) is 9.84 Å². The summed E-state index contributed by atoms with van der Waals surface area (Å²) in [6.45, 7) is 0.